The van der Waals surface area contributed by atoms with Crippen LogP contribution in [0.4, 0.5) is 16.2 Å². The summed E-state index contributed by atoms with van der Waals surface area (Å²) in [5.74, 6) is -0.0683. The Bertz CT molecular complexity index is 490. The normalized spacial score (nSPS) is 11.1. The van der Waals surface area contributed by atoms with E-state index in [1.807, 2.05) is 34.6 Å². The topological polar surface area (TPSA) is 70.2 Å². The molecule has 1 aromatic carbocycles. The van der Waals surface area contributed by atoms with Gasteiger partial charge in [-0.25, -0.2) is 4.79 Å². The first-order valence-electron chi connectivity index (χ1n) is 6.67. The van der Waals surface area contributed by atoms with E-state index in [1.54, 1.807) is 24.3 Å². The summed E-state index contributed by atoms with van der Waals surface area (Å²) >= 11 is 0. The van der Waals surface area contributed by atoms with E-state index in [-0.39, 0.29) is 18.0 Å². The van der Waals surface area contributed by atoms with Crippen LogP contribution in [0, 0.1) is 5.41 Å². The highest BCUT2D eigenvalue weighted by Gasteiger charge is 2.21. The second kappa shape index (κ2) is 6.41. The largest absolute Gasteiger partial charge is 0.336 e. The van der Waals surface area contributed by atoms with Crippen molar-refractivity contribution in [3.05, 3.63) is 24.3 Å². The van der Waals surface area contributed by atoms with Gasteiger partial charge in [-0.1, -0.05) is 26.8 Å². The molecular weight excluding hydrogens is 254 g/mol. The fourth-order valence-electron chi connectivity index (χ4n) is 1.42. The molecule has 0 atom stereocenters. The zero-order valence-corrected chi connectivity index (χ0v) is 12.7. The fraction of sp³-hybridized carbons (Fsp3) is 0.467. The van der Waals surface area contributed by atoms with Gasteiger partial charge in [-0.15, -0.1) is 0 Å². The number of anilines is 2. The quantitative estimate of drug-likeness (QED) is 0.794. The molecule has 0 fully saturated rings. The molecule has 110 valence electrons. The zero-order valence-electron chi connectivity index (χ0n) is 12.7. The van der Waals surface area contributed by atoms with E-state index in [1.165, 1.54) is 0 Å². The van der Waals surface area contributed by atoms with Gasteiger partial charge in [0.25, 0.3) is 0 Å². The first-order chi connectivity index (χ1) is 9.18. The Hall–Kier alpha value is -2.04. The monoisotopic (exact) mass is 277 g/mol. The van der Waals surface area contributed by atoms with E-state index in [4.69, 9.17) is 0 Å². The van der Waals surface area contributed by atoms with E-state index in [0.717, 1.165) is 0 Å². The van der Waals surface area contributed by atoms with Crippen LogP contribution in [0.1, 0.15) is 34.6 Å². The Labute approximate surface area is 120 Å². The molecule has 0 unspecified atom stereocenters. The van der Waals surface area contributed by atoms with Crippen LogP contribution in [0.2, 0.25) is 0 Å². The van der Waals surface area contributed by atoms with E-state index < -0.39 is 5.41 Å². The molecule has 0 aliphatic heterocycles. The molecule has 0 heterocycles. The number of carbonyl (C=O) groups is 2. The number of hydrogen-bond acceptors (Lipinski definition) is 2. The van der Waals surface area contributed by atoms with Gasteiger partial charge in [-0.05, 0) is 32.0 Å². The van der Waals surface area contributed by atoms with Crippen molar-refractivity contribution in [3.8, 4) is 0 Å². The standard InChI is InChI=1S/C15H23N3O2/c1-10(2)16-14(20)18-12-8-6-7-11(9-12)17-13(19)15(3,4)5/h6-10H,1-5H3,(H,17,19)(H2,16,18,20). The number of benzene rings is 1. The van der Waals surface area contributed by atoms with Gasteiger partial charge in [0.2, 0.25) is 5.91 Å². The van der Waals surface area contributed by atoms with Crippen molar-refractivity contribution in [1.82, 2.24) is 5.32 Å². The number of amides is 3. The smallest absolute Gasteiger partial charge is 0.319 e. The van der Waals surface area contributed by atoms with Crippen molar-refractivity contribution >= 4 is 23.3 Å². The minimum Gasteiger partial charge on any atom is -0.336 e. The van der Waals surface area contributed by atoms with Crippen molar-refractivity contribution in [1.29, 1.82) is 0 Å². The fourth-order valence-corrected chi connectivity index (χ4v) is 1.42. The second-order valence-electron chi connectivity index (χ2n) is 6.04. The molecule has 3 amide bonds. The van der Waals surface area contributed by atoms with E-state index in [9.17, 15) is 9.59 Å². The van der Waals surface area contributed by atoms with Crippen LogP contribution in [-0.4, -0.2) is 18.0 Å². The maximum absolute atomic E-state index is 11.9. The number of nitrogens with one attached hydrogen (secondary N) is 3. The molecule has 20 heavy (non-hydrogen) atoms. The lowest BCUT2D eigenvalue weighted by molar-refractivity contribution is -0.123. The van der Waals surface area contributed by atoms with Crippen molar-refractivity contribution < 1.29 is 9.59 Å². The molecule has 5 heteroatoms. The Morgan fingerprint density at radius 3 is 2.10 bits per heavy atom. The average molecular weight is 277 g/mol. The number of rotatable bonds is 3. The van der Waals surface area contributed by atoms with Gasteiger partial charge in [0.1, 0.15) is 0 Å². The summed E-state index contributed by atoms with van der Waals surface area (Å²) in [6.45, 7) is 9.32. The molecule has 1 aromatic rings. The predicted molar refractivity (Wildman–Crippen MR) is 81.8 cm³/mol. The van der Waals surface area contributed by atoms with Gasteiger partial charge < -0.3 is 16.0 Å². The third-order valence-electron chi connectivity index (χ3n) is 2.48. The molecule has 0 aliphatic rings. The minimum absolute atomic E-state index is 0.0683. The van der Waals surface area contributed by atoms with Gasteiger partial charge >= 0.3 is 6.03 Å². The molecule has 3 N–H and O–H groups in total. The maximum Gasteiger partial charge on any atom is 0.319 e. The summed E-state index contributed by atoms with van der Waals surface area (Å²) in [5, 5.41) is 8.29. The summed E-state index contributed by atoms with van der Waals surface area (Å²) in [6.07, 6.45) is 0. The minimum atomic E-state index is -0.460. The van der Waals surface area contributed by atoms with Gasteiger partial charge in [-0.3, -0.25) is 4.79 Å². The lowest BCUT2D eigenvalue weighted by Crippen LogP contribution is -2.34. The molecular formula is C15H23N3O2. The third kappa shape index (κ3) is 5.30. The summed E-state index contributed by atoms with van der Waals surface area (Å²) in [7, 11) is 0. The van der Waals surface area contributed by atoms with Crippen molar-refractivity contribution in [2.24, 2.45) is 5.41 Å². The van der Waals surface area contributed by atoms with E-state index in [0.29, 0.717) is 11.4 Å². The Kier molecular flexibility index (Phi) is 5.13. The highest BCUT2D eigenvalue weighted by molar-refractivity contribution is 5.96. The Morgan fingerprint density at radius 2 is 1.60 bits per heavy atom. The van der Waals surface area contributed by atoms with Crippen LogP contribution in [0.15, 0.2) is 24.3 Å². The molecule has 1 rings (SSSR count). The first-order valence-corrected chi connectivity index (χ1v) is 6.67. The first kappa shape index (κ1) is 16.0. The molecule has 0 saturated heterocycles. The summed E-state index contributed by atoms with van der Waals surface area (Å²) < 4.78 is 0. The highest BCUT2D eigenvalue weighted by atomic mass is 16.2. The summed E-state index contributed by atoms with van der Waals surface area (Å²) in [5.41, 5.74) is 0.834. The van der Waals surface area contributed by atoms with Crippen LogP contribution in [0.3, 0.4) is 0 Å². The van der Waals surface area contributed by atoms with Gasteiger partial charge in [0, 0.05) is 22.8 Å². The molecule has 0 aromatic heterocycles. The molecule has 0 bridgehead atoms. The van der Waals surface area contributed by atoms with Gasteiger partial charge in [0.05, 0.1) is 0 Å². The van der Waals surface area contributed by atoms with Crippen LogP contribution in [-0.2, 0) is 4.79 Å². The lowest BCUT2D eigenvalue weighted by atomic mass is 9.95. The Balaban J connectivity index is 2.71. The SMILES string of the molecule is CC(C)NC(=O)Nc1cccc(NC(=O)C(C)(C)C)c1. The molecule has 0 radical (unpaired) electrons. The lowest BCUT2D eigenvalue weighted by Gasteiger charge is -2.18. The molecule has 5 nitrogen and oxygen atoms in total. The maximum atomic E-state index is 11.9. The van der Waals surface area contributed by atoms with Crippen LogP contribution >= 0.6 is 0 Å². The van der Waals surface area contributed by atoms with Crippen LogP contribution in [0.5, 0.6) is 0 Å². The van der Waals surface area contributed by atoms with Crippen LogP contribution < -0.4 is 16.0 Å². The van der Waals surface area contributed by atoms with Gasteiger partial charge in [-0.2, -0.15) is 0 Å². The predicted octanol–water partition coefficient (Wildman–Crippen LogP) is 3.20. The van der Waals surface area contributed by atoms with Gasteiger partial charge in [0.15, 0.2) is 0 Å². The molecule has 0 saturated carbocycles. The number of hydrogen-bond donors (Lipinski definition) is 3. The van der Waals surface area contributed by atoms with E-state index in [2.05, 4.69) is 16.0 Å². The third-order valence-corrected chi connectivity index (χ3v) is 2.48. The van der Waals surface area contributed by atoms with Crippen molar-refractivity contribution in [2.75, 3.05) is 10.6 Å². The van der Waals surface area contributed by atoms with E-state index >= 15 is 0 Å². The number of carbonyl (C=O) groups excluding carboxylic acids is 2. The van der Waals surface area contributed by atoms with Crippen molar-refractivity contribution in [3.63, 3.8) is 0 Å². The molecule has 0 spiro atoms. The van der Waals surface area contributed by atoms with Crippen LogP contribution in [0.25, 0.3) is 0 Å². The molecule has 0 aliphatic carbocycles. The summed E-state index contributed by atoms with van der Waals surface area (Å²) in [4.78, 5) is 23.5. The highest BCUT2D eigenvalue weighted by Crippen LogP contribution is 2.19. The Morgan fingerprint density at radius 1 is 1.05 bits per heavy atom. The summed E-state index contributed by atoms with van der Waals surface area (Å²) in [6, 6.07) is 6.87. The number of urea groups is 1. The van der Waals surface area contributed by atoms with Crippen molar-refractivity contribution in [2.45, 2.75) is 40.7 Å². The average Bonchev–Trinajstić information content (AvgIpc) is 2.26. The zero-order chi connectivity index (χ0) is 15.3. The second-order valence-corrected chi connectivity index (χ2v) is 6.04.